The molecule has 0 unspecified atom stereocenters. The smallest absolute Gasteiger partial charge is 0.287 e. The fourth-order valence-corrected chi connectivity index (χ4v) is 6.24. The first-order valence-electron chi connectivity index (χ1n) is 9.01. The van der Waals surface area contributed by atoms with Crippen LogP contribution in [-0.4, -0.2) is 82.7 Å². The zero-order chi connectivity index (χ0) is 19.7. The Labute approximate surface area is 159 Å². The molecule has 0 saturated carbocycles. The van der Waals surface area contributed by atoms with E-state index in [0.717, 1.165) is 12.8 Å². The van der Waals surface area contributed by atoms with E-state index in [9.17, 15) is 21.6 Å². The SMILES string of the molecule is Cc1oc(C(=O)NCCN2CCS(=O)(=O)CC2)cc1S(=O)(=O)N1CCCC1. The molecule has 1 N–H and O–H groups in total. The summed E-state index contributed by atoms with van der Waals surface area (Å²) in [6.07, 6.45) is 1.67. The third kappa shape index (κ3) is 4.71. The van der Waals surface area contributed by atoms with Gasteiger partial charge >= 0.3 is 0 Å². The number of carbonyl (C=O) groups is 1. The first-order chi connectivity index (χ1) is 12.7. The summed E-state index contributed by atoms with van der Waals surface area (Å²) in [5, 5.41) is 2.70. The van der Waals surface area contributed by atoms with Gasteiger partial charge in [-0.15, -0.1) is 0 Å². The highest BCUT2D eigenvalue weighted by Crippen LogP contribution is 2.26. The van der Waals surface area contributed by atoms with Crippen molar-refractivity contribution in [3.8, 4) is 0 Å². The van der Waals surface area contributed by atoms with Crippen molar-refractivity contribution in [1.82, 2.24) is 14.5 Å². The van der Waals surface area contributed by atoms with E-state index in [1.54, 1.807) is 0 Å². The van der Waals surface area contributed by atoms with E-state index in [4.69, 9.17) is 4.42 Å². The summed E-state index contributed by atoms with van der Waals surface area (Å²) >= 11 is 0. The Kier molecular flexibility index (Phi) is 5.94. The molecular weight excluding hydrogens is 394 g/mol. The number of nitrogens with zero attached hydrogens (tertiary/aromatic N) is 2. The molecule has 3 rings (SSSR count). The minimum absolute atomic E-state index is 0.0357. The molecule has 2 aliphatic heterocycles. The van der Waals surface area contributed by atoms with Crippen LogP contribution in [0.25, 0.3) is 0 Å². The number of sulfonamides is 1. The van der Waals surface area contributed by atoms with Crippen molar-refractivity contribution in [1.29, 1.82) is 0 Å². The maximum Gasteiger partial charge on any atom is 0.287 e. The highest BCUT2D eigenvalue weighted by atomic mass is 32.2. The van der Waals surface area contributed by atoms with Crippen LogP contribution in [0, 0.1) is 6.92 Å². The van der Waals surface area contributed by atoms with Gasteiger partial charge in [0.05, 0.1) is 11.5 Å². The third-order valence-electron chi connectivity index (χ3n) is 4.93. The van der Waals surface area contributed by atoms with Gasteiger partial charge in [-0.3, -0.25) is 9.69 Å². The monoisotopic (exact) mass is 419 g/mol. The minimum atomic E-state index is -3.64. The lowest BCUT2D eigenvalue weighted by Crippen LogP contribution is -2.43. The van der Waals surface area contributed by atoms with Crippen LogP contribution in [0.4, 0.5) is 0 Å². The summed E-state index contributed by atoms with van der Waals surface area (Å²) in [5.41, 5.74) is 0. The summed E-state index contributed by atoms with van der Waals surface area (Å²) in [6, 6.07) is 1.28. The van der Waals surface area contributed by atoms with Crippen LogP contribution in [0.5, 0.6) is 0 Å². The van der Waals surface area contributed by atoms with Gasteiger partial charge in [0.1, 0.15) is 10.7 Å². The van der Waals surface area contributed by atoms with E-state index < -0.39 is 25.8 Å². The Bertz CT molecular complexity index is 887. The predicted octanol–water partition coefficient (Wildman–Crippen LogP) is -0.167. The predicted molar refractivity (Wildman–Crippen MR) is 98.9 cm³/mol. The van der Waals surface area contributed by atoms with E-state index >= 15 is 0 Å². The van der Waals surface area contributed by atoms with Gasteiger partial charge in [0.25, 0.3) is 5.91 Å². The molecule has 1 amide bonds. The molecule has 0 bridgehead atoms. The van der Waals surface area contributed by atoms with Crippen LogP contribution >= 0.6 is 0 Å². The number of nitrogens with one attached hydrogen (secondary N) is 1. The van der Waals surface area contributed by atoms with Gasteiger partial charge in [0.15, 0.2) is 15.6 Å². The first-order valence-corrected chi connectivity index (χ1v) is 12.3. The van der Waals surface area contributed by atoms with Gasteiger partial charge in [-0.2, -0.15) is 4.31 Å². The van der Waals surface area contributed by atoms with E-state index in [2.05, 4.69) is 5.32 Å². The molecule has 2 aliphatic rings. The number of carbonyl (C=O) groups excluding carboxylic acids is 1. The van der Waals surface area contributed by atoms with Gasteiger partial charge in [0.2, 0.25) is 10.0 Å². The molecule has 1 aromatic heterocycles. The second kappa shape index (κ2) is 7.90. The number of hydrogen-bond acceptors (Lipinski definition) is 7. The van der Waals surface area contributed by atoms with E-state index in [-0.39, 0.29) is 27.9 Å². The third-order valence-corrected chi connectivity index (χ3v) is 8.54. The highest BCUT2D eigenvalue weighted by molar-refractivity contribution is 7.91. The quantitative estimate of drug-likeness (QED) is 0.680. The molecule has 0 aromatic carbocycles. The molecule has 1 aromatic rings. The van der Waals surface area contributed by atoms with Gasteiger partial charge in [-0.25, -0.2) is 16.8 Å². The van der Waals surface area contributed by atoms with Gasteiger partial charge in [-0.05, 0) is 19.8 Å². The first kappa shape index (κ1) is 20.3. The van der Waals surface area contributed by atoms with Crippen LogP contribution in [0.2, 0.25) is 0 Å². The van der Waals surface area contributed by atoms with E-state index in [1.165, 1.54) is 17.3 Å². The lowest BCUT2D eigenvalue weighted by atomic mass is 10.4. The second-order valence-electron chi connectivity index (χ2n) is 6.89. The van der Waals surface area contributed by atoms with Crippen molar-refractivity contribution in [2.24, 2.45) is 0 Å². The molecule has 2 saturated heterocycles. The summed E-state index contributed by atoms with van der Waals surface area (Å²) in [6.45, 7) is 4.27. The minimum Gasteiger partial charge on any atom is -0.455 e. The number of rotatable bonds is 6. The van der Waals surface area contributed by atoms with Gasteiger partial charge in [-0.1, -0.05) is 0 Å². The van der Waals surface area contributed by atoms with Crippen molar-refractivity contribution in [3.63, 3.8) is 0 Å². The Morgan fingerprint density at radius 3 is 2.44 bits per heavy atom. The molecule has 152 valence electrons. The summed E-state index contributed by atoms with van der Waals surface area (Å²) in [7, 11) is -6.56. The Hall–Kier alpha value is -1.43. The van der Waals surface area contributed by atoms with Crippen molar-refractivity contribution < 1.29 is 26.0 Å². The number of sulfone groups is 1. The van der Waals surface area contributed by atoms with Crippen molar-refractivity contribution in [2.75, 3.05) is 50.8 Å². The van der Waals surface area contributed by atoms with Crippen LogP contribution < -0.4 is 5.32 Å². The molecule has 27 heavy (non-hydrogen) atoms. The Morgan fingerprint density at radius 2 is 1.81 bits per heavy atom. The fraction of sp³-hybridized carbons (Fsp3) is 0.688. The normalized spacial score (nSPS) is 21.4. The second-order valence-corrected chi connectivity index (χ2v) is 11.1. The number of hydrogen-bond donors (Lipinski definition) is 1. The molecule has 0 spiro atoms. The average molecular weight is 420 g/mol. The number of aryl methyl sites for hydroxylation is 1. The summed E-state index contributed by atoms with van der Waals surface area (Å²) < 4.78 is 54.9. The van der Waals surface area contributed by atoms with Crippen molar-refractivity contribution in [3.05, 3.63) is 17.6 Å². The zero-order valence-corrected chi connectivity index (χ0v) is 16.9. The van der Waals surface area contributed by atoms with Gasteiger partial charge < -0.3 is 9.73 Å². The molecule has 3 heterocycles. The highest BCUT2D eigenvalue weighted by Gasteiger charge is 2.31. The van der Waals surface area contributed by atoms with Crippen LogP contribution in [0.1, 0.15) is 29.2 Å². The number of furan rings is 1. The topological polar surface area (TPSA) is 117 Å². The van der Waals surface area contributed by atoms with E-state index in [1.807, 2.05) is 4.90 Å². The lowest BCUT2D eigenvalue weighted by molar-refractivity contribution is 0.0919. The molecule has 9 nitrogen and oxygen atoms in total. The van der Waals surface area contributed by atoms with Crippen LogP contribution in [0.3, 0.4) is 0 Å². The fourth-order valence-electron chi connectivity index (χ4n) is 3.29. The lowest BCUT2D eigenvalue weighted by Gasteiger charge is -2.26. The summed E-state index contributed by atoms with van der Waals surface area (Å²) in [5.74, 6) is -0.0445. The largest absolute Gasteiger partial charge is 0.455 e. The van der Waals surface area contributed by atoms with Crippen molar-refractivity contribution >= 4 is 25.8 Å². The molecular formula is C16H25N3O6S2. The molecule has 11 heteroatoms. The zero-order valence-electron chi connectivity index (χ0n) is 15.3. The molecule has 0 aliphatic carbocycles. The standard InChI is InChI=1S/C16H25N3O6S2/c1-13-15(27(23,24)19-5-2-3-6-19)12-14(25-13)16(20)17-4-7-18-8-10-26(21,22)11-9-18/h12H,2-11H2,1H3,(H,17,20). The van der Waals surface area contributed by atoms with Crippen LogP contribution in [-0.2, 0) is 19.9 Å². The van der Waals surface area contributed by atoms with Crippen LogP contribution in [0.15, 0.2) is 15.4 Å². The average Bonchev–Trinajstić information content (AvgIpc) is 3.26. The Balaban J connectivity index is 1.56. The summed E-state index contributed by atoms with van der Waals surface area (Å²) in [4.78, 5) is 14.3. The molecule has 0 atom stereocenters. The molecule has 0 radical (unpaired) electrons. The van der Waals surface area contributed by atoms with Gasteiger partial charge in [0, 0.05) is 45.3 Å². The van der Waals surface area contributed by atoms with E-state index in [0.29, 0.717) is 39.3 Å². The molecule has 2 fully saturated rings. The number of amides is 1. The van der Waals surface area contributed by atoms with Crippen molar-refractivity contribution in [2.45, 2.75) is 24.7 Å². The maximum absolute atomic E-state index is 12.6. The Morgan fingerprint density at radius 1 is 1.19 bits per heavy atom. The maximum atomic E-state index is 12.6.